The Morgan fingerprint density at radius 2 is 1.90 bits per heavy atom. The molecule has 2 rings (SSSR count). The molecule has 0 atom stereocenters. The molecule has 0 heterocycles. The third-order valence-electron chi connectivity index (χ3n) is 2.97. The van der Waals surface area contributed by atoms with E-state index in [9.17, 15) is 20.0 Å². The summed E-state index contributed by atoms with van der Waals surface area (Å²) in [5.41, 5.74) is -0.211. The van der Waals surface area contributed by atoms with Gasteiger partial charge in [-0.25, -0.2) is 0 Å². The summed E-state index contributed by atoms with van der Waals surface area (Å²) in [6.07, 6.45) is 0. The van der Waals surface area contributed by atoms with Crippen molar-refractivity contribution in [2.75, 3.05) is 5.32 Å². The molecule has 2 N–H and O–H groups in total. The highest BCUT2D eigenvalue weighted by Crippen LogP contribution is 2.38. The molecule has 0 aliphatic carbocycles. The topological polar surface area (TPSA) is 92.5 Å². The third kappa shape index (κ3) is 2.40. The number of hydrogen-bond donors (Lipinski definition) is 2. The summed E-state index contributed by atoms with van der Waals surface area (Å²) in [4.78, 5) is 22.3. The van der Waals surface area contributed by atoms with Crippen molar-refractivity contribution in [3.05, 3.63) is 40.4 Å². The largest absolute Gasteiger partial charge is 0.507 e. The van der Waals surface area contributed by atoms with E-state index in [1.807, 2.05) is 0 Å². The number of nitro benzene ring substituents is 1. The highest BCUT2D eigenvalue weighted by molar-refractivity contribution is 6.08. The molecule has 2 aromatic carbocycles. The van der Waals surface area contributed by atoms with E-state index < -0.39 is 4.92 Å². The minimum Gasteiger partial charge on any atom is -0.507 e. The highest BCUT2D eigenvalue weighted by Gasteiger charge is 2.22. The quantitative estimate of drug-likeness (QED) is 0.511. The lowest BCUT2D eigenvalue weighted by Crippen LogP contribution is -2.18. The van der Waals surface area contributed by atoms with Crippen LogP contribution in [0.15, 0.2) is 30.3 Å². The monoisotopic (exact) mass is 274 g/mol. The van der Waals surface area contributed by atoms with Crippen molar-refractivity contribution in [1.82, 2.24) is 0 Å². The SMILES string of the molecule is CC(C)C(=O)Nc1c([N+](=O)[O-])cc(O)c2ccccc12. The van der Waals surface area contributed by atoms with Crippen molar-refractivity contribution in [3.8, 4) is 5.75 Å². The molecular weight excluding hydrogens is 260 g/mol. The molecule has 0 saturated heterocycles. The summed E-state index contributed by atoms with van der Waals surface area (Å²) in [7, 11) is 0. The number of phenolic OH excluding ortho intramolecular Hbond substituents is 1. The molecule has 1 amide bonds. The van der Waals surface area contributed by atoms with E-state index in [1.54, 1.807) is 38.1 Å². The molecule has 0 aromatic heterocycles. The zero-order valence-electron chi connectivity index (χ0n) is 11.1. The number of rotatable bonds is 3. The van der Waals surface area contributed by atoms with Crippen LogP contribution >= 0.6 is 0 Å². The first-order valence-corrected chi connectivity index (χ1v) is 6.11. The van der Waals surface area contributed by atoms with E-state index in [4.69, 9.17) is 0 Å². The summed E-state index contributed by atoms with van der Waals surface area (Å²) in [5, 5.41) is 24.4. The van der Waals surface area contributed by atoms with Crippen molar-refractivity contribution in [2.24, 2.45) is 5.92 Å². The highest BCUT2D eigenvalue weighted by atomic mass is 16.6. The van der Waals surface area contributed by atoms with Gasteiger partial charge in [-0.3, -0.25) is 14.9 Å². The molecule has 6 heteroatoms. The molecule has 0 radical (unpaired) electrons. The second kappa shape index (κ2) is 5.16. The van der Waals surface area contributed by atoms with Crippen LogP contribution in [0.3, 0.4) is 0 Å². The molecule has 6 nitrogen and oxygen atoms in total. The third-order valence-corrected chi connectivity index (χ3v) is 2.97. The van der Waals surface area contributed by atoms with Crippen LogP contribution in [-0.2, 0) is 4.79 Å². The van der Waals surface area contributed by atoms with Gasteiger partial charge in [0.1, 0.15) is 11.4 Å². The van der Waals surface area contributed by atoms with Gasteiger partial charge in [-0.2, -0.15) is 0 Å². The second-order valence-electron chi connectivity index (χ2n) is 4.74. The number of benzene rings is 2. The van der Waals surface area contributed by atoms with Crippen molar-refractivity contribution in [2.45, 2.75) is 13.8 Å². The van der Waals surface area contributed by atoms with Crippen molar-refractivity contribution >= 4 is 28.1 Å². The number of fused-ring (bicyclic) bond motifs is 1. The summed E-state index contributed by atoms with van der Waals surface area (Å²) in [6.45, 7) is 3.40. The number of carbonyl (C=O) groups excluding carboxylic acids is 1. The van der Waals surface area contributed by atoms with Gasteiger partial charge in [-0.05, 0) is 0 Å². The first-order valence-electron chi connectivity index (χ1n) is 6.11. The number of anilines is 1. The maximum atomic E-state index is 11.8. The number of nitrogens with zero attached hydrogens (tertiary/aromatic N) is 1. The fourth-order valence-electron chi connectivity index (χ4n) is 1.88. The number of aromatic hydroxyl groups is 1. The lowest BCUT2D eigenvalue weighted by atomic mass is 10.1. The lowest BCUT2D eigenvalue weighted by Gasteiger charge is -2.12. The number of nitro groups is 1. The molecule has 0 saturated carbocycles. The minimum absolute atomic E-state index is 0.113. The van der Waals surface area contributed by atoms with Gasteiger partial charge in [0.05, 0.1) is 11.0 Å². The molecule has 0 aliphatic heterocycles. The van der Waals surface area contributed by atoms with Crippen LogP contribution in [0.1, 0.15) is 13.8 Å². The minimum atomic E-state index is -0.623. The van der Waals surface area contributed by atoms with Gasteiger partial charge in [0.2, 0.25) is 5.91 Å². The normalized spacial score (nSPS) is 10.8. The number of carbonyl (C=O) groups is 1. The molecule has 0 spiro atoms. The molecule has 20 heavy (non-hydrogen) atoms. The molecule has 2 aromatic rings. The molecule has 104 valence electrons. The van der Waals surface area contributed by atoms with Gasteiger partial charge in [-0.1, -0.05) is 38.1 Å². The predicted molar refractivity (Wildman–Crippen MR) is 75.7 cm³/mol. The van der Waals surface area contributed by atoms with Gasteiger partial charge in [0.15, 0.2) is 0 Å². The van der Waals surface area contributed by atoms with E-state index in [0.29, 0.717) is 10.8 Å². The van der Waals surface area contributed by atoms with Crippen molar-refractivity contribution in [3.63, 3.8) is 0 Å². The lowest BCUT2D eigenvalue weighted by molar-refractivity contribution is -0.383. The smallest absolute Gasteiger partial charge is 0.297 e. The van der Waals surface area contributed by atoms with Crippen LogP contribution in [-0.4, -0.2) is 15.9 Å². The predicted octanol–water partition coefficient (Wildman–Crippen LogP) is 3.05. The number of phenols is 1. The van der Waals surface area contributed by atoms with Gasteiger partial charge >= 0.3 is 0 Å². The Balaban J connectivity index is 2.71. The van der Waals surface area contributed by atoms with Crippen LogP contribution in [0, 0.1) is 16.0 Å². The average Bonchev–Trinajstić information content (AvgIpc) is 2.41. The first kappa shape index (κ1) is 13.8. The van der Waals surface area contributed by atoms with Gasteiger partial charge in [-0.15, -0.1) is 0 Å². The van der Waals surface area contributed by atoms with E-state index in [2.05, 4.69) is 5.32 Å². The van der Waals surface area contributed by atoms with Crippen LogP contribution in [0.5, 0.6) is 5.75 Å². The Morgan fingerprint density at radius 1 is 1.30 bits per heavy atom. The summed E-state index contributed by atoms with van der Waals surface area (Å²) in [6, 6.07) is 7.72. The fourth-order valence-corrected chi connectivity index (χ4v) is 1.88. The van der Waals surface area contributed by atoms with Crippen molar-refractivity contribution < 1.29 is 14.8 Å². The number of hydrogen-bond acceptors (Lipinski definition) is 4. The second-order valence-corrected chi connectivity index (χ2v) is 4.74. The van der Waals surface area contributed by atoms with Crippen LogP contribution < -0.4 is 5.32 Å². The van der Waals surface area contributed by atoms with E-state index in [1.165, 1.54) is 0 Å². The Bertz CT molecular complexity index is 695. The molecule has 0 bridgehead atoms. The average molecular weight is 274 g/mol. The summed E-state index contributed by atoms with van der Waals surface area (Å²) < 4.78 is 0. The zero-order valence-corrected chi connectivity index (χ0v) is 11.1. The fraction of sp³-hybridized carbons (Fsp3) is 0.214. The van der Waals surface area contributed by atoms with Gasteiger partial charge in [0, 0.05) is 16.7 Å². The molecule has 0 aliphatic rings. The maximum Gasteiger partial charge on any atom is 0.297 e. The first-order chi connectivity index (χ1) is 9.41. The Morgan fingerprint density at radius 3 is 2.45 bits per heavy atom. The van der Waals surface area contributed by atoms with Crippen molar-refractivity contribution in [1.29, 1.82) is 0 Å². The van der Waals surface area contributed by atoms with Crippen LogP contribution in [0.25, 0.3) is 10.8 Å². The molecule has 0 fully saturated rings. The van der Waals surface area contributed by atoms with Gasteiger partial charge < -0.3 is 10.4 Å². The Labute approximate surface area is 115 Å². The Kier molecular flexibility index (Phi) is 3.56. The molecule has 0 unspecified atom stereocenters. The maximum absolute atomic E-state index is 11.8. The van der Waals surface area contributed by atoms with E-state index >= 15 is 0 Å². The molecular formula is C14H14N2O4. The van der Waals surface area contributed by atoms with Gasteiger partial charge in [0.25, 0.3) is 5.69 Å². The summed E-state index contributed by atoms with van der Waals surface area (Å²) in [5.74, 6) is -0.805. The van der Waals surface area contributed by atoms with E-state index in [-0.39, 0.29) is 28.9 Å². The zero-order chi connectivity index (χ0) is 14.9. The summed E-state index contributed by atoms with van der Waals surface area (Å²) >= 11 is 0. The van der Waals surface area contributed by atoms with Crippen LogP contribution in [0.4, 0.5) is 11.4 Å². The Hall–Kier alpha value is -2.63. The standard InChI is InChI=1S/C14H14N2O4/c1-8(2)14(18)15-13-10-6-4-3-5-9(10)12(17)7-11(13)16(19)20/h3-8,17H,1-2H3,(H,15,18). The van der Waals surface area contributed by atoms with E-state index in [0.717, 1.165) is 6.07 Å². The van der Waals surface area contributed by atoms with Crippen LogP contribution in [0.2, 0.25) is 0 Å². The number of nitrogens with one attached hydrogen (secondary N) is 1. The number of amides is 1.